The summed E-state index contributed by atoms with van der Waals surface area (Å²) in [5.41, 5.74) is 2.29. The van der Waals surface area contributed by atoms with Gasteiger partial charge in [0.2, 0.25) is 0 Å². The first kappa shape index (κ1) is 17.6. The molecule has 6 nitrogen and oxygen atoms in total. The number of nitrogens with one attached hydrogen (secondary N) is 1. The van der Waals surface area contributed by atoms with Gasteiger partial charge in [-0.05, 0) is 54.7 Å². The molecular weight excluding hydrogens is 366 g/mol. The number of benzene rings is 2. The number of carbonyl (C=O) groups excluding carboxylic acids is 1. The Morgan fingerprint density at radius 2 is 1.93 bits per heavy atom. The molecule has 27 heavy (non-hydrogen) atoms. The van der Waals surface area contributed by atoms with Crippen molar-refractivity contribution < 1.29 is 22.7 Å². The smallest absolute Gasteiger partial charge is 0.261 e. The van der Waals surface area contributed by atoms with E-state index in [2.05, 4.69) is 11.6 Å². The lowest BCUT2D eigenvalue weighted by Gasteiger charge is -2.17. The van der Waals surface area contributed by atoms with Crippen molar-refractivity contribution >= 4 is 32.6 Å². The van der Waals surface area contributed by atoms with Crippen LogP contribution < -0.4 is 9.83 Å². The lowest BCUT2D eigenvalue weighted by molar-refractivity contribution is -0.255. The summed E-state index contributed by atoms with van der Waals surface area (Å²) in [5.74, 6) is 0.0110. The first-order valence-electron chi connectivity index (χ1n) is 8.75. The first-order chi connectivity index (χ1) is 12.8. The molecule has 1 aliphatic rings. The van der Waals surface area contributed by atoms with Gasteiger partial charge in [-0.15, -0.1) is 0 Å². The van der Waals surface area contributed by atoms with E-state index in [4.69, 9.17) is 4.42 Å². The Hall–Kier alpha value is -2.80. The Balaban J connectivity index is 1.68. The van der Waals surface area contributed by atoms with E-state index in [1.807, 2.05) is 0 Å². The molecule has 1 aromatic heterocycles. The number of rotatable bonds is 4. The van der Waals surface area contributed by atoms with Crippen LogP contribution in [0, 0.1) is 0 Å². The van der Waals surface area contributed by atoms with E-state index in [1.165, 1.54) is 24.3 Å². The Bertz CT molecular complexity index is 1130. The number of aryl methyl sites for hydroxylation is 1. The maximum Gasteiger partial charge on any atom is 0.261 e. The highest BCUT2D eigenvalue weighted by molar-refractivity contribution is 7.92. The van der Waals surface area contributed by atoms with Crippen molar-refractivity contribution in [2.24, 2.45) is 0 Å². The van der Waals surface area contributed by atoms with Crippen LogP contribution in [0.4, 0.5) is 5.69 Å². The summed E-state index contributed by atoms with van der Waals surface area (Å²) in [6.45, 7) is 2.16. The topological polar surface area (TPSA) is 99.4 Å². The number of carboxylic acids is 1. The summed E-state index contributed by atoms with van der Waals surface area (Å²) >= 11 is 0. The first-order valence-corrected chi connectivity index (χ1v) is 10.2. The van der Waals surface area contributed by atoms with E-state index < -0.39 is 16.0 Å². The molecule has 0 bridgehead atoms. The molecule has 0 fully saturated rings. The Morgan fingerprint density at radius 1 is 1.19 bits per heavy atom. The molecule has 7 heteroatoms. The second-order valence-electron chi connectivity index (χ2n) is 6.86. The maximum atomic E-state index is 12.6. The fraction of sp³-hybridized carbons (Fsp3) is 0.250. The van der Waals surface area contributed by atoms with E-state index >= 15 is 0 Å². The van der Waals surface area contributed by atoms with Crippen molar-refractivity contribution in [2.45, 2.75) is 37.0 Å². The third-order valence-electron chi connectivity index (χ3n) is 4.99. The minimum atomic E-state index is -3.84. The number of hydrogen-bond acceptors (Lipinski definition) is 5. The third kappa shape index (κ3) is 3.19. The molecule has 0 saturated heterocycles. The molecule has 0 unspecified atom stereocenters. The number of furan rings is 1. The van der Waals surface area contributed by atoms with E-state index in [-0.39, 0.29) is 10.5 Å². The monoisotopic (exact) mass is 384 g/mol. The van der Waals surface area contributed by atoms with Gasteiger partial charge in [-0.2, -0.15) is 0 Å². The van der Waals surface area contributed by atoms with Crippen LogP contribution in [0.5, 0.6) is 0 Å². The molecule has 1 aliphatic carbocycles. The van der Waals surface area contributed by atoms with Gasteiger partial charge in [0.25, 0.3) is 10.0 Å². The van der Waals surface area contributed by atoms with E-state index in [0.717, 1.165) is 41.6 Å². The van der Waals surface area contributed by atoms with Crippen molar-refractivity contribution in [1.29, 1.82) is 0 Å². The molecule has 1 heterocycles. The highest BCUT2D eigenvalue weighted by Gasteiger charge is 2.24. The van der Waals surface area contributed by atoms with Gasteiger partial charge in [0.1, 0.15) is 11.3 Å². The van der Waals surface area contributed by atoms with Gasteiger partial charge in [0.15, 0.2) is 0 Å². The maximum absolute atomic E-state index is 12.6. The van der Waals surface area contributed by atoms with Gasteiger partial charge in [-0.25, -0.2) is 8.42 Å². The lowest BCUT2D eigenvalue weighted by atomic mass is 9.87. The molecular formula is C20H18NO5S-. The number of carboxylic acid groups (broad SMARTS) is 1. The Morgan fingerprint density at radius 3 is 2.63 bits per heavy atom. The molecule has 1 atom stereocenters. The summed E-state index contributed by atoms with van der Waals surface area (Å²) < 4.78 is 33.7. The predicted octanol–water partition coefficient (Wildman–Crippen LogP) is 3.04. The van der Waals surface area contributed by atoms with Crippen molar-refractivity contribution in [3.63, 3.8) is 0 Å². The van der Waals surface area contributed by atoms with Crippen LogP contribution in [-0.4, -0.2) is 14.4 Å². The standard InChI is InChI=1S/C20H19NO5S/c1-12-3-2-4-18-19(12)16-11-14(7-10-17(16)26-18)21-27(24,25)15-8-5-13(6-9-15)20(22)23/h5-12,21H,2-4H2,1H3,(H,22,23)/p-1/t12-/m1/s1. The van der Waals surface area contributed by atoms with Gasteiger partial charge in [0.05, 0.1) is 10.9 Å². The largest absolute Gasteiger partial charge is 0.545 e. The normalized spacial score (nSPS) is 16.9. The summed E-state index contributed by atoms with van der Waals surface area (Å²) in [4.78, 5) is 10.8. The molecule has 0 spiro atoms. The van der Waals surface area contributed by atoms with Crippen molar-refractivity contribution in [1.82, 2.24) is 0 Å². The van der Waals surface area contributed by atoms with Crippen LogP contribution in [0.2, 0.25) is 0 Å². The van der Waals surface area contributed by atoms with Crippen LogP contribution in [-0.2, 0) is 16.4 Å². The minimum absolute atomic E-state index is 0.0183. The fourth-order valence-electron chi connectivity index (χ4n) is 3.65. The molecule has 1 N–H and O–H groups in total. The number of hydrogen-bond donors (Lipinski definition) is 1. The second-order valence-corrected chi connectivity index (χ2v) is 8.54. The third-order valence-corrected chi connectivity index (χ3v) is 6.39. The second kappa shape index (κ2) is 6.42. The van der Waals surface area contributed by atoms with E-state index in [0.29, 0.717) is 11.6 Å². The quantitative estimate of drug-likeness (QED) is 0.745. The Labute approximate surface area is 156 Å². The number of anilines is 1. The van der Waals surface area contributed by atoms with Crippen LogP contribution in [0.15, 0.2) is 51.8 Å². The number of fused-ring (bicyclic) bond motifs is 3. The molecule has 140 valence electrons. The fourth-order valence-corrected chi connectivity index (χ4v) is 4.70. The molecule has 3 aromatic rings. The van der Waals surface area contributed by atoms with Gasteiger partial charge in [-0.1, -0.05) is 19.1 Å². The average molecular weight is 384 g/mol. The minimum Gasteiger partial charge on any atom is -0.545 e. The zero-order chi connectivity index (χ0) is 19.2. The van der Waals surface area contributed by atoms with Crippen molar-refractivity contribution in [3.05, 3.63) is 59.4 Å². The highest BCUT2D eigenvalue weighted by atomic mass is 32.2. The molecule has 0 saturated carbocycles. The predicted molar refractivity (Wildman–Crippen MR) is 99.1 cm³/mol. The molecule has 0 radical (unpaired) electrons. The van der Waals surface area contributed by atoms with Crippen LogP contribution >= 0.6 is 0 Å². The van der Waals surface area contributed by atoms with Crippen LogP contribution in [0.25, 0.3) is 11.0 Å². The van der Waals surface area contributed by atoms with Crippen molar-refractivity contribution in [2.75, 3.05) is 4.72 Å². The number of carbonyl (C=O) groups is 1. The number of aromatic carboxylic acids is 1. The highest BCUT2D eigenvalue weighted by Crippen LogP contribution is 2.39. The lowest BCUT2D eigenvalue weighted by Crippen LogP contribution is -2.22. The van der Waals surface area contributed by atoms with Gasteiger partial charge >= 0.3 is 0 Å². The zero-order valence-corrected chi connectivity index (χ0v) is 15.5. The molecule has 0 aliphatic heterocycles. The van der Waals surface area contributed by atoms with E-state index in [9.17, 15) is 18.3 Å². The summed E-state index contributed by atoms with van der Waals surface area (Å²) in [6.07, 6.45) is 3.08. The molecule has 2 aromatic carbocycles. The van der Waals surface area contributed by atoms with E-state index in [1.54, 1.807) is 18.2 Å². The van der Waals surface area contributed by atoms with Gasteiger partial charge < -0.3 is 14.3 Å². The van der Waals surface area contributed by atoms with Crippen molar-refractivity contribution in [3.8, 4) is 0 Å². The van der Waals surface area contributed by atoms with Gasteiger partial charge in [-0.3, -0.25) is 4.72 Å². The van der Waals surface area contributed by atoms with Gasteiger partial charge in [0, 0.05) is 23.1 Å². The SMILES string of the molecule is C[C@@H]1CCCc2oc3ccc(NS(=O)(=O)c4ccc(C(=O)[O-])cc4)cc3c21. The van der Waals surface area contributed by atoms with Crippen LogP contribution in [0.3, 0.4) is 0 Å². The molecule has 4 rings (SSSR count). The summed E-state index contributed by atoms with van der Waals surface area (Å²) in [6, 6.07) is 10.1. The summed E-state index contributed by atoms with van der Waals surface area (Å²) in [5, 5.41) is 11.7. The Kier molecular flexibility index (Phi) is 4.19. The molecule has 0 amide bonds. The zero-order valence-electron chi connectivity index (χ0n) is 14.7. The average Bonchev–Trinajstić information content (AvgIpc) is 3.00. The number of sulfonamides is 1. The summed E-state index contributed by atoms with van der Waals surface area (Å²) in [7, 11) is -3.84. The van der Waals surface area contributed by atoms with Crippen LogP contribution in [0.1, 0.15) is 47.4 Å².